The quantitative estimate of drug-likeness (QED) is 0.798. The first kappa shape index (κ1) is 13.6. The Morgan fingerprint density at radius 3 is 2.85 bits per heavy atom. The molecule has 2 aliphatic rings. The molecule has 1 saturated heterocycles. The van der Waals surface area contributed by atoms with Crippen LogP contribution in [-0.2, 0) is 40.8 Å². The number of ether oxygens (including phenoxy) is 2. The third kappa shape index (κ3) is 2.71. The summed E-state index contributed by atoms with van der Waals surface area (Å²) in [5.41, 5.74) is 3.46. The second kappa shape index (κ2) is 5.93. The van der Waals surface area contributed by atoms with Crippen LogP contribution in [0.5, 0.6) is 0 Å². The Morgan fingerprint density at radius 2 is 2.05 bits per heavy atom. The van der Waals surface area contributed by atoms with Gasteiger partial charge in [0.2, 0.25) is 5.91 Å². The molecule has 110 valence electrons. The molecule has 1 aromatic rings. The van der Waals surface area contributed by atoms with Crippen LogP contribution in [0.4, 0.5) is 0 Å². The van der Waals surface area contributed by atoms with E-state index in [1.54, 1.807) is 0 Å². The molecule has 1 amide bonds. The van der Waals surface area contributed by atoms with Crippen LogP contribution >= 0.6 is 0 Å². The van der Waals surface area contributed by atoms with Gasteiger partial charge >= 0.3 is 0 Å². The number of morpholine rings is 1. The van der Waals surface area contributed by atoms with Gasteiger partial charge in [-0.2, -0.15) is 5.10 Å². The maximum Gasteiger partial charge on any atom is 0.223 e. The molecule has 2 aliphatic heterocycles. The molecule has 3 heterocycles. The fourth-order valence-corrected chi connectivity index (χ4v) is 2.88. The van der Waals surface area contributed by atoms with E-state index in [4.69, 9.17) is 9.47 Å². The molecule has 0 saturated carbocycles. The van der Waals surface area contributed by atoms with E-state index in [9.17, 15) is 4.79 Å². The van der Waals surface area contributed by atoms with Gasteiger partial charge in [0.05, 0.1) is 32.1 Å². The van der Waals surface area contributed by atoms with Gasteiger partial charge in [0.25, 0.3) is 0 Å². The largest absolute Gasteiger partial charge is 0.378 e. The number of hydrogen-bond acceptors (Lipinski definition) is 4. The molecule has 1 fully saturated rings. The molecule has 20 heavy (non-hydrogen) atoms. The van der Waals surface area contributed by atoms with E-state index in [0.717, 1.165) is 18.7 Å². The number of aryl methyl sites for hydroxylation is 2. The molecular weight excluding hydrogens is 258 g/mol. The molecule has 0 atom stereocenters. The number of fused-ring (bicyclic) bond motifs is 1. The molecule has 0 bridgehead atoms. The standard InChI is InChI=1S/C14H21N3O3/c1-16-13-4-7-20-10-11(13)12(15-16)2-3-14(18)17-5-8-19-9-6-17/h2-10H2,1H3. The average molecular weight is 279 g/mol. The molecule has 6 heteroatoms. The topological polar surface area (TPSA) is 56.6 Å². The molecule has 0 aliphatic carbocycles. The third-order valence-electron chi connectivity index (χ3n) is 4.03. The smallest absolute Gasteiger partial charge is 0.223 e. The van der Waals surface area contributed by atoms with Crippen molar-refractivity contribution < 1.29 is 14.3 Å². The van der Waals surface area contributed by atoms with E-state index < -0.39 is 0 Å². The van der Waals surface area contributed by atoms with Crippen LogP contribution in [0.3, 0.4) is 0 Å². The van der Waals surface area contributed by atoms with Gasteiger partial charge in [-0.1, -0.05) is 0 Å². The normalized spacial score (nSPS) is 18.9. The Hall–Kier alpha value is -1.40. The van der Waals surface area contributed by atoms with E-state index in [1.807, 2.05) is 16.6 Å². The molecule has 1 aromatic heterocycles. The molecule has 0 radical (unpaired) electrons. The number of carbonyl (C=O) groups is 1. The van der Waals surface area contributed by atoms with Crippen molar-refractivity contribution >= 4 is 5.91 Å². The highest BCUT2D eigenvalue weighted by Crippen LogP contribution is 2.21. The zero-order valence-corrected chi connectivity index (χ0v) is 11.9. The molecule has 3 rings (SSSR count). The second-order valence-electron chi connectivity index (χ2n) is 5.29. The highest BCUT2D eigenvalue weighted by Gasteiger charge is 2.22. The van der Waals surface area contributed by atoms with E-state index in [2.05, 4.69) is 5.10 Å². The maximum absolute atomic E-state index is 12.2. The summed E-state index contributed by atoms with van der Waals surface area (Å²) >= 11 is 0. The summed E-state index contributed by atoms with van der Waals surface area (Å²) in [5.74, 6) is 0.199. The Kier molecular flexibility index (Phi) is 4.03. The lowest BCUT2D eigenvalue weighted by molar-refractivity contribution is -0.135. The van der Waals surface area contributed by atoms with Crippen LogP contribution in [0.15, 0.2) is 0 Å². The van der Waals surface area contributed by atoms with Crippen molar-refractivity contribution in [2.24, 2.45) is 7.05 Å². The summed E-state index contributed by atoms with van der Waals surface area (Å²) in [7, 11) is 1.97. The first-order valence-electron chi connectivity index (χ1n) is 7.22. The minimum atomic E-state index is 0.199. The van der Waals surface area contributed by atoms with Gasteiger partial charge in [-0.25, -0.2) is 0 Å². The summed E-state index contributed by atoms with van der Waals surface area (Å²) < 4.78 is 12.7. The lowest BCUT2D eigenvalue weighted by Gasteiger charge is -2.26. The molecular formula is C14H21N3O3. The van der Waals surface area contributed by atoms with Gasteiger partial charge in [0.1, 0.15) is 0 Å². The molecule has 0 spiro atoms. The van der Waals surface area contributed by atoms with E-state index in [1.165, 1.54) is 11.3 Å². The Bertz CT molecular complexity index is 492. The first-order chi connectivity index (χ1) is 9.75. The Balaban J connectivity index is 1.62. The minimum Gasteiger partial charge on any atom is -0.378 e. The third-order valence-corrected chi connectivity index (χ3v) is 4.03. The number of nitrogens with zero attached hydrogens (tertiary/aromatic N) is 3. The molecule has 6 nitrogen and oxygen atoms in total. The number of amides is 1. The maximum atomic E-state index is 12.2. The highest BCUT2D eigenvalue weighted by molar-refractivity contribution is 5.76. The van der Waals surface area contributed by atoms with Crippen molar-refractivity contribution in [3.8, 4) is 0 Å². The molecule has 0 N–H and O–H groups in total. The number of hydrogen-bond donors (Lipinski definition) is 0. The van der Waals surface area contributed by atoms with Crippen LogP contribution < -0.4 is 0 Å². The van der Waals surface area contributed by atoms with Crippen molar-refractivity contribution in [2.75, 3.05) is 32.9 Å². The van der Waals surface area contributed by atoms with Crippen LogP contribution in [-0.4, -0.2) is 53.5 Å². The summed E-state index contributed by atoms with van der Waals surface area (Å²) in [4.78, 5) is 14.0. The molecule has 0 unspecified atom stereocenters. The second-order valence-corrected chi connectivity index (χ2v) is 5.29. The van der Waals surface area contributed by atoms with Gasteiger partial charge in [-0.15, -0.1) is 0 Å². The van der Waals surface area contributed by atoms with Crippen molar-refractivity contribution in [3.05, 3.63) is 17.0 Å². The van der Waals surface area contributed by atoms with E-state index >= 15 is 0 Å². The zero-order chi connectivity index (χ0) is 13.9. The van der Waals surface area contributed by atoms with Crippen molar-refractivity contribution in [3.63, 3.8) is 0 Å². The van der Waals surface area contributed by atoms with Crippen LogP contribution in [0.1, 0.15) is 23.4 Å². The van der Waals surface area contributed by atoms with Gasteiger partial charge in [0.15, 0.2) is 0 Å². The number of aromatic nitrogens is 2. The van der Waals surface area contributed by atoms with Crippen molar-refractivity contribution in [1.29, 1.82) is 0 Å². The van der Waals surface area contributed by atoms with Gasteiger partial charge in [-0.05, 0) is 0 Å². The Labute approximate surface area is 118 Å². The predicted octanol–water partition coefficient (Wildman–Crippen LogP) is 0.284. The highest BCUT2D eigenvalue weighted by atomic mass is 16.5. The van der Waals surface area contributed by atoms with E-state index in [0.29, 0.717) is 45.8 Å². The monoisotopic (exact) mass is 279 g/mol. The number of rotatable bonds is 3. The summed E-state index contributed by atoms with van der Waals surface area (Å²) in [5, 5.41) is 4.55. The van der Waals surface area contributed by atoms with Crippen molar-refractivity contribution in [1.82, 2.24) is 14.7 Å². The lowest BCUT2D eigenvalue weighted by atomic mass is 10.1. The van der Waals surface area contributed by atoms with E-state index in [-0.39, 0.29) is 5.91 Å². The van der Waals surface area contributed by atoms with Gasteiger partial charge in [-0.3, -0.25) is 9.48 Å². The van der Waals surface area contributed by atoms with Crippen molar-refractivity contribution in [2.45, 2.75) is 25.9 Å². The van der Waals surface area contributed by atoms with Gasteiger partial charge in [0, 0.05) is 50.7 Å². The fraction of sp³-hybridized carbons (Fsp3) is 0.714. The average Bonchev–Trinajstić information content (AvgIpc) is 2.83. The number of carbonyl (C=O) groups excluding carboxylic acids is 1. The minimum absolute atomic E-state index is 0.199. The van der Waals surface area contributed by atoms with Crippen LogP contribution in [0.25, 0.3) is 0 Å². The van der Waals surface area contributed by atoms with Crippen LogP contribution in [0, 0.1) is 0 Å². The lowest BCUT2D eigenvalue weighted by Crippen LogP contribution is -2.40. The molecule has 0 aromatic carbocycles. The zero-order valence-electron chi connectivity index (χ0n) is 11.9. The summed E-state index contributed by atoms with van der Waals surface area (Å²) in [6, 6.07) is 0. The summed E-state index contributed by atoms with van der Waals surface area (Å²) in [6.45, 7) is 4.12. The van der Waals surface area contributed by atoms with Crippen LogP contribution in [0.2, 0.25) is 0 Å². The predicted molar refractivity (Wildman–Crippen MR) is 72.3 cm³/mol. The summed E-state index contributed by atoms with van der Waals surface area (Å²) in [6.07, 6.45) is 2.13. The first-order valence-corrected chi connectivity index (χ1v) is 7.22. The van der Waals surface area contributed by atoms with Gasteiger partial charge < -0.3 is 14.4 Å². The Morgan fingerprint density at radius 1 is 1.25 bits per heavy atom. The SMILES string of the molecule is Cn1nc(CCC(=O)N2CCOCC2)c2c1CCOC2. The fourth-order valence-electron chi connectivity index (χ4n) is 2.88.